The molecule has 24 heavy (non-hydrogen) atoms. The third kappa shape index (κ3) is 3.71. The average Bonchev–Trinajstić information content (AvgIpc) is 2.58. The van der Waals surface area contributed by atoms with Crippen LogP contribution >= 0.6 is 11.6 Å². The first-order valence-electron chi connectivity index (χ1n) is 7.03. The van der Waals surface area contributed by atoms with Crippen LogP contribution in [0.5, 0.6) is 17.2 Å². The summed E-state index contributed by atoms with van der Waals surface area (Å²) in [6.07, 6.45) is 0. The van der Waals surface area contributed by atoms with Crippen molar-refractivity contribution in [3.05, 3.63) is 52.3 Å². The third-order valence-corrected chi connectivity index (χ3v) is 3.68. The van der Waals surface area contributed by atoms with Crippen molar-refractivity contribution in [2.24, 2.45) is 0 Å². The molecule has 0 unspecified atom stereocenters. The van der Waals surface area contributed by atoms with Crippen LogP contribution in [0.2, 0.25) is 5.02 Å². The molecule has 0 saturated carbocycles. The number of carbonyl (C=O) groups is 1. The monoisotopic (exact) mass is 353 g/mol. The molecule has 0 heterocycles. The number of carbonyl (C=O) groups excluding carboxylic acids is 1. The van der Waals surface area contributed by atoms with Gasteiger partial charge in [0.1, 0.15) is 5.82 Å². The fourth-order valence-electron chi connectivity index (χ4n) is 2.22. The molecule has 0 fully saturated rings. The minimum absolute atomic E-state index is 0.0531. The summed E-state index contributed by atoms with van der Waals surface area (Å²) in [6.45, 7) is 0.139. The van der Waals surface area contributed by atoms with Crippen LogP contribution in [0.15, 0.2) is 30.3 Å². The topological polar surface area (TPSA) is 56.8 Å². The zero-order valence-electron chi connectivity index (χ0n) is 13.5. The molecule has 7 heteroatoms. The van der Waals surface area contributed by atoms with E-state index in [1.807, 2.05) is 0 Å². The SMILES string of the molecule is COc1cc(CNC(=O)c2c(F)cccc2Cl)cc(OC)c1OC. The van der Waals surface area contributed by atoms with Gasteiger partial charge >= 0.3 is 0 Å². The Morgan fingerprint density at radius 3 is 2.25 bits per heavy atom. The van der Waals surface area contributed by atoms with Crippen molar-refractivity contribution in [2.75, 3.05) is 21.3 Å². The Labute approximate surface area is 144 Å². The Kier molecular flexibility index (Phi) is 5.87. The van der Waals surface area contributed by atoms with Gasteiger partial charge in [0.2, 0.25) is 5.75 Å². The molecule has 5 nitrogen and oxygen atoms in total. The lowest BCUT2D eigenvalue weighted by Gasteiger charge is -2.14. The molecule has 0 aliphatic rings. The highest BCUT2D eigenvalue weighted by Crippen LogP contribution is 2.38. The number of ether oxygens (including phenoxy) is 3. The van der Waals surface area contributed by atoms with Gasteiger partial charge in [0, 0.05) is 6.54 Å². The Balaban J connectivity index is 2.21. The van der Waals surface area contributed by atoms with E-state index in [4.69, 9.17) is 25.8 Å². The molecule has 0 saturated heterocycles. The van der Waals surface area contributed by atoms with Gasteiger partial charge in [-0.05, 0) is 29.8 Å². The molecule has 1 amide bonds. The summed E-state index contributed by atoms with van der Waals surface area (Å²) in [6, 6.07) is 7.47. The van der Waals surface area contributed by atoms with Gasteiger partial charge in [-0.25, -0.2) is 4.39 Å². The first kappa shape index (κ1) is 17.9. The molecular weight excluding hydrogens is 337 g/mol. The summed E-state index contributed by atoms with van der Waals surface area (Å²) in [5, 5.41) is 2.67. The average molecular weight is 354 g/mol. The molecule has 0 aliphatic carbocycles. The predicted molar refractivity (Wildman–Crippen MR) is 88.7 cm³/mol. The first-order chi connectivity index (χ1) is 11.5. The number of hydrogen-bond donors (Lipinski definition) is 1. The van der Waals surface area contributed by atoms with Crippen LogP contribution in [0.25, 0.3) is 0 Å². The van der Waals surface area contributed by atoms with E-state index in [9.17, 15) is 9.18 Å². The van der Waals surface area contributed by atoms with Crippen LogP contribution in [-0.2, 0) is 6.54 Å². The normalized spacial score (nSPS) is 10.2. The van der Waals surface area contributed by atoms with Gasteiger partial charge in [-0.2, -0.15) is 0 Å². The summed E-state index contributed by atoms with van der Waals surface area (Å²) in [4.78, 5) is 12.2. The molecular formula is C17H17ClFNO4. The van der Waals surface area contributed by atoms with Gasteiger partial charge in [-0.1, -0.05) is 17.7 Å². The number of nitrogens with one attached hydrogen (secondary N) is 1. The van der Waals surface area contributed by atoms with Crippen molar-refractivity contribution in [2.45, 2.75) is 6.54 Å². The van der Waals surface area contributed by atoms with Crippen LogP contribution in [0.3, 0.4) is 0 Å². The van der Waals surface area contributed by atoms with Gasteiger partial charge < -0.3 is 19.5 Å². The Morgan fingerprint density at radius 1 is 1.12 bits per heavy atom. The highest BCUT2D eigenvalue weighted by Gasteiger charge is 2.17. The maximum absolute atomic E-state index is 13.8. The lowest BCUT2D eigenvalue weighted by molar-refractivity contribution is 0.0947. The number of rotatable bonds is 6. The number of benzene rings is 2. The van der Waals surface area contributed by atoms with Gasteiger partial charge in [0.15, 0.2) is 11.5 Å². The number of hydrogen-bond acceptors (Lipinski definition) is 4. The van der Waals surface area contributed by atoms with Crippen LogP contribution in [-0.4, -0.2) is 27.2 Å². The van der Waals surface area contributed by atoms with Gasteiger partial charge in [0.25, 0.3) is 5.91 Å². The minimum Gasteiger partial charge on any atom is -0.493 e. The van der Waals surface area contributed by atoms with Crippen molar-refractivity contribution in [3.63, 3.8) is 0 Å². The van der Waals surface area contributed by atoms with Crippen molar-refractivity contribution in [3.8, 4) is 17.2 Å². The van der Waals surface area contributed by atoms with Gasteiger partial charge in [-0.15, -0.1) is 0 Å². The molecule has 0 radical (unpaired) electrons. The summed E-state index contributed by atoms with van der Waals surface area (Å²) in [7, 11) is 4.50. The van der Waals surface area contributed by atoms with Crippen LogP contribution in [0, 0.1) is 5.82 Å². The van der Waals surface area contributed by atoms with Crippen molar-refractivity contribution in [1.82, 2.24) is 5.32 Å². The summed E-state index contributed by atoms with van der Waals surface area (Å²) < 4.78 is 29.5. The lowest BCUT2D eigenvalue weighted by atomic mass is 10.1. The van der Waals surface area contributed by atoms with E-state index in [0.29, 0.717) is 22.8 Å². The highest BCUT2D eigenvalue weighted by molar-refractivity contribution is 6.33. The highest BCUT2D eigenvalue weighted by atomic mass is 35.5. The van der Waals surface area contributed by atoms with Crippen molar-refractivity contribution >= 4 is 17.5 Å². The number of methoxy groups -OCH3 is 3. The molecule has 0 aliphatic heterocycles. The largest absolute Gasteiger partial charge is 0.493 e. The van der Waals surface area contributed by atoms with Crippen molar-refractivity contribution in [1.29, 1.82) is 0 Å². The van der Waals surface area contributed by atoms with Crippen LogP contribution < -0.4 is 19.5 Å². The molecule has 0 bridgehead atoms. The molecule has 2 aromatic rings. The standard InChI is InChI=1S/C17H17ClFNO4/c1-22-13-7-10(8-14(23-2)16(13)24-3)9-20-17(21)15-11(18)5-4-6-12(15)19/h4-8H,9H2,1-3H3,(H,20,21). The first-order valence-corrected chi connectivity index (χ1v) is 7.40. The van der Waals surface area contributed by atoms with E-state index in [0.717, 1.165) is 0 Å². The van der Waals surface area contributed by atoms with E-state index in [1.54, 1.807) is 12.1 Å². The quantitative estimate of drug-likeness (QED) is 0.864. The van der Waals surface area contributed by atoms with E-state index in [2.05, 4.69) is 5.32 Å². The molecule has 0 aromatic heterocycles. The lowest BCUT2D eigenvalue weighted by Crippen LogP contribution is -2.24. The maximum Gasteiger partial charge on any atom is 0.256 e. The Morgan fingerprint density at radius 2 is 1.75 bits per heavy atom. The maximum atomic E-state index is 13.8. The smallest absolute Gasteiger partial charge is 0.256 e. The molecule has 1 N–H and O–H groups in total. The Hall–Kier alpha value is -2.47. The Bertz CT molecular complexity index is 706. The zero-order valence-corrected chi connectivity index (χ0v) is 14.2. The van der Waals surface area contributed by atoms with E-state index < -0.39 is 11.7 Å². The fraction of sp³-hybridized carbons (Fsp3) is 0.235. The van der Waals surface area contributed by atoms with Crippen molar-refractivity contribution < 1.29 is 23.4 Å². The fourth-order valence-corrected chi connectivity index (χ4v) is 2.47. The number of halogens is 2. The minimum atomic E-state index is -0.676. The molecule has 0 spiro atoms. The zero-order chi connectivity index (χ0) is 17.7. The van der Waals surface area contributed by atoms with Crippen LogP contribution in [0.4, 0.5) is 4.39 Å². The predicted octanol–water partition coefficient (Wildman–Crippen LogP) is 3.43. The second kappa shape index (κ2) is 7.88. The second-order valence-electron chi connectivity index (χ2n) is 4.81. The molecule has 2 rings (SSSR count). The summed E-state index contributed by atoms with van der Waals surface area (Å²) in [5.74, 6) is 0.0963. The summed E-state index contributed by atoms with van der Waals surface area (Å²) >= 11 is 5.88. The third-order valence-electron chi connectivity index (χ3n) is 3.37. The van der Waals surface area contributed by atoms with Gasteiger partial charge in [0.05, 0.1) is 31.9 Å². The van der Waals surface area contributed by atoms with E-state index >= 15 is 0 Å². The van der Waals surface area contributed by atoms with Gasteiger partial charge in [-0.3, -0.25) is 4.79 Å². The van der Waals surface area contributed by atoms with Crippen LogP contribution in [0.1, 0.15) is 15.9 Å². The summed E-state index contributed by atoms with van der Waals surface area (Å²) in [5.41, 5.74) is 0.511. The molecule has 128 valence electrons. The number of amides is 1. The van der Waals surface area contributed by atoms with E-state index in [1.165, 1.54) is 39.5 Å². The second-order valence-corrected chi connectivity index (χ2v) is 5.22. The molecule has 2 aromatic carbocycles. The van der Waals surface area contributed by atoms with E-state index in [-0.39, 0.29) is 17.1 Å². The molecule has 0 atom stereocenters.